The Balaban J connectivity index is 1.81. The maximum atomic E-state index is 10.5. The number of methoxy groups -OCH3 is 1. The molecule has 2 N–H and O–H groups in total. The number of benzene rings is 1. The summed E-state index contributed by atoms with van der Waals surface area (Å²) in [5, 5.41) is 11.6. The number of aromatic amines is 1. The molecule has 4 nitrogen and oxygen atoms in total. The average Bonchev–Trinajstić information content (AvgIpc) is 2.91. The van der Waals surface area contributed by atoms with Gasteiger partial charge in [0.05, 0.1) is 13.2 Å². The fourth-order valence-electron chi connectivity index (χ4n) is 2.65. The number of aliphatic hydroxyl groups excluding tert-OH is 1. The predicted molar refractivity (Wildman–Crippen MR) is 83.6 cm³/mol. The number of aliphatic hydroxyl groups is 1. The molecule has 1 atom stereocenters. The Morgan fingerprint density at radius 3 is 2.95 bits per heavy atom. The molecule has 1 fully saturated rings. The maximum absolute atomic E-state index is 10.5. The molecule has 0 bridgehead atoms. The molecule has 0 aliphatic carbocycles. The lowest BCUT2D eigenvalue weighted by Crippen LogP contribution is -2.35. The van der Waals surface area contributed by atoms with Gasteiger partial charge in [-0.3, -0.25) is 4.90 Å². The van der Waals surface area contributed by atoms with Crippen LogP contribution in [0.4, 0.5) is 0 Å². The average molecular weight is 292 g/mol. The molecule has 0 spiro atoms. The molecule has 1 aliphatic rings. The van der Waals surface area contributed by atoms with Crippen molar-refractivity contribution in [3.05, 3.63) is 30.0 Å². The maximum Gasteiger partial charge on any atom is 0.119 e. The van der Waals surface area contributed by atoms with Gasteiger partial charge in [0.2, 0.25) is 0 Å². The number of β-amino-alcohol motifs (C(OH)–C–C–N with tert-alkyl or cyclic N) is 1. The second kappa shape index (κ2) is 6.08. The number of H-pyrrole nitrogens is 1. The van der Waals surface area contributed by atoms with Crippen LogP contribution in [-0.2, 0) is 0 Å². The highest BCUT2D eigenvalue weighted by molar-refractivity contribution is 7.99. The molecule has 0 radical (unpaired) electrons. The first-order chi connectivity index (χ1) is 9.78. The summed E-state index contributed by atoms with van der Waals surface area (Å²) in [4.78, 5) is 5.55. The zero-order valence-electron chi connectivity index (χ0n) is 11.6. The van der Waals surface area contributed by atoms with Gasteiger partial charge in [-0.2, -0.15) is 11.8 Å². The minimum Gasteiger partial charge on any atom is -0.497 e. The Hall–Kier alpha value is -1.17. The molecule has 20 heavy (non-hydrogen) atoms. The first kappa shape index (κ1) is 13.8. The monoisotopic (exact) mass is 292 g/mol. The van der Waals surface area contributed by atoms with Crippen LogP contribution in [0.3, 0.4) is 0 Å². The van der Waals surface area contributed by atoms with E-state index in [1.807, 2.05) is 36.2 Å². The Bertz CT molecular complexity index is 578. The van der Waals surface area contributed by atoms with Gasteiger partial charge in [-0.05, 0) is 18.2 Å². The van der Waals surface area contributed by atoms with Gasteiger partial charge in [0.15, 0.2) is 0 Å². The van der Waals surface area contributed by atoms with Gasteiger partial charge in [-0.1, -0.05) is 0 Å². The number of fused-ring (bicyclic) bond motifs is 1. The summed E-state index contributed by atoms with van der Waals surface area (Å²) in [7, 11) is 1.66. The molecule has 0 unspecified atom stereocenters. The van der Waals surface area contributed by atoms with Gasteiger partial charge < -0.3 is 14.8 Å². The summed E-state index contributed by atoms with van der Waals surface area (Å²) in [6.07, 6.45) is 1.45. The third-order valence-electron chi connectivity index (χ3n) is 3.81. The third-order valence-corrected chi connectivity index (χ3v) is 4.76. The third kappa shape index (κ3) is 2.80. The topological polar surface area (TPSA) is 48.5 Å². The van der Waals surface area contributed by atoms with E-state index in [0.717, 1.165) is 46.8 Å². The Morgan fingerprint density at radius 2 is 2.20 bits per heavy atom. The molecule has 0 saturated carbocycles. The van der Waals surface area contributed by atoms with Gasteiger partial charge in [-0.25, -0.2) is 0 Å². The van der Waals surface area contributed by atoms with Gasteiger partial charge in [0.1, 0.15) is 5.75 Å². The van der Waals surface area contributed by atoms with Gasteiger partial charge in [-0.15, -0.1) is 0 Å². The molecule has 3 rings (SSSR count). The Morgan fingerprint density at radius 1 is 1.40 bits per heavy atom. The number of nitrogens with one attached hydrogen (secondary N) is 1. The fourth-order valence-corrected chi connectivity index (χ4v) is 3.63. The molecular formula is C15H20N2O2S. The van der Waals surface area contributed by atoms with Crippen molar-refractivity contribution >= 4 is 22.7 Å². The zero-order chi connectivity index (χ0) is 13.9. The van der Waals surface area contributed by atoms with E-state index >= 15 is 0 Å². The Labute approximate surface area is 123 Å². The first-order valence-corrected chi connectivity index (χ1v) is 8.06. The molecule has 1 aromatic heterocycles. The minimum atomic E-state index is -0.459. The summed E-state index contributed by atoms with van der Waals surface area (Å²) >= 11 is 1.98. The lowest BCUT2D eigenvalue weighted by molar-refractivity contribution is 0.120. The molecule has 108 valence electrons. The number of thioether (sulfide) groups is 1. The number of hydrogen-bond acceptors (Lipinski definition) is 4. The second-order valence-corrected chi connectivity index (χ2v) is 6.31. The van der Waals surface area contributed by atoms with Crippen LogP contribution in [-0.4, -0.2) is 53.2 Å². The summed E-state index contributed by atoms with van der Waals surface area (Å²) < 4.78 is 5.27. The van der Waals surface area contributed by atoms with Crippen LogP contribution >= 0.6 is 11.8 Å². The van der Waals surface area contributed by atoms with Crippen molar-refractivity contribution in [1.29, 1.82) is 0 Å². The van der Waals surface area contributed by atoms with Crippen LogP contribution in [0.5, 0.6) is 5.75 Å². The van der Waals surface area contributed by atoms with Crippen molar-refractivity contribution in [3.8, 4) is 5.75 Å². The van der Waals surface area contributed by atoms with Gasteiger partial charge in [0.25, 0.3) is 0 Å². The molecule has 1 aromatic carbocycles. The standard InChI is InChI=1S/C15H20N2O2S/c1-19-11-2-3-14-12(8-11)13(9-16-14)15(18)10-17-4-6-20-7-5-17/h2-3,8-9,15-16,18H,4-7,10H2,1H3/t15-/m0/s1. The predicted octanol–water partition coefficient (Wildman–Crippen LogP) is 2.26. The van der Waals surface area contributed by atoms with Crippen molar-refractivity contribution in [1.82, 2.24) is 9.88 Å². The normalized spacial score (nSPS) is 18.3. The van der Waals surface area contributed by atoms with Crippen LogP contribution in [0, 0.1) is 0 Å². The van der Waals surface area contributed by atoms with Crippen LogP contribution in [0.2, 0.25) is 0 Å². The van der Waals surface area contributed by atoms with E-state index in [4.69, 9.17) is 4.74 Å². The molecule has 1 saturated heterocycles. The Kier molecular flexibility index (Phi) is 4.19. The van der Waals surface area contributed by atoms with Gasteiger partial charge in [0, 0.05) is 53.8 Å². The first-order valence-electron chi connectivity index (χ1n) is 6.91. The number of rotatable bonds is 4. The molecule has 0 amide bonds. The van der Waals surface area contributed by atoms with Crippen LogP contribution in [0.1, 0.15) is 11.7 Å². The summed E-state index contributed by atoms with van der Waals surface area (Å²) in [6, 6.07) is 5.90. The van der Waals surface area contributed by atoms with Crippen molar-refractivity contribution in [2.75, 3.05) is 38.2 Å². The summed E-state index contributed by atoms with van der Waals surface area (Å²) in [5.41, 5.74) is 1.99. The van der Waals surface area contributed by atoms with E-state index in [2.05, 4.69) is 9.88 Å². The van der Waals surface area contributed by atoms with Crippen LogP contribution in [0.15, 0.2) is 24.4 Å². The quantitative estimate of drug-likeness (QED) is 0.907. The molecule has 2 aromatic rings. The smallest absolute Gasteiger partial charge is 0.119 e. The second-order valence-electron chi connectivity index (χ2n) is 5.08. The lowest BCUT2D eigenvalue weighted by Gasteiger charge is -2.28. The fraction of sp³-hybridized carbons (Fsp3) is 0.467. The van der Waals surface area contributed by atoms with Crippen LogP contribution in [0.25, 0.3) is 10.9 Å². The number of hydrogen-bond donors (Lipinski definition) is 2. The van der Waals surface area contributed by atoms with E-state index in [-0.39, 0.29) is 0 Å². The molecule has 5 heteroatoms. The summed E-state index contributed by atoms with van der Waals surface area (Å²) in [5.74, 6) is 3.14. The highest BCUT2D eigenvalue weighted by atomic mass is 32.2. The van der Waals surface area contributed by atoms with E-state index in [0.29, 0.717) is 6.54 Å². The van der Waals surface area contributed by atoms with E-state index in [1.165, 1.54) is 0 Å². The van der Waals surface area contributed by atoms with Crippen molar-refractivity contribution in [3.63, 3.8) is 0 Å². The van der Waals surface area contributed by atoms with Crippen molar-refractivity contribution < 1.29 is 9.84 Å². The SMILES string of the molecule is COc1ccc2[nH]cc([C@@H](O)CN3CCSCC3)c2c1. The largest absolute Gasteiger partial charge is 0.497 e. The summed E-state index contributed by atoms with van der Waals surface area (Å²) in [6.45, 7) is 2.82. The highest BCUT2D eigenvalue weighted by Crippen LogP contribution is 2.28. The van der Waals surface area contributed by atoms with Crippen LogP contribution < -0.4 is 4.74 Å². The zero-order valence-corrected chi connectivity index (χ0v) is 12.4. The molecular weight excluding hydrogens is 272 g/mol. The van der Waals surface area contributed by atoms with Crippen molar-refractivity contribution in [2.45, 2.75) is 6.10 Å². The molecule has 1 aliphatic heterocycles. The van der Waals surface area contributed by atoms with Gasteiger partial charge >= 0.3 is 0 Å². The number of nitrogens with zero attached hydrogens (tertiary/aromatic N) is 1. The highest BCUT2D eigenvalue weighted by Gasteiger charge is 2.18. The molecule has 2 heterocycles. The number of aromatic nitrogens is 1. The van der Waals surface area contributed by atoms with E-state index in [9.17, 15) is 5.11 Å². The van der Waals surface area contributed by atoms with E-state index < -0.39 is 6.10 Å². The van der Waals surface area contributed by atoms with Crippen molar-refractivity contribution in [2.24, 2.45) is 0 Å². The number of ether oxygens (including phenoxy) is 1. The van der Waals surface area contributed by atoms with E-state index in [1.54, 1.807) is 7.11 Å². The minimum absolute atomic E-state index is 0.459. The lowest BCUT2D eigenvalue weighted by atomic mass is 10.1.